The molecule has 1 fully saturated rings. The number of hydrogen-bond acceptors (Lipinski definition) is 3. The maximum Gasteiger partial charge on any atom is 0.250 e. The maximum absolute atomic E-state index is 12.4. The Morgan fingerprint density at radius 2 is 2.25 bits per heavy atom. The summed E-state index contributed by atoms with van der Waals surface area (Å²) in [7, 11) is 0. The standard InChI is InChI=1S/C16H16N2O2/c1-13(6-7-17)14-4-2-3-5-15(12-14)16(19)18-8-10-20-11-9-18/h4,12H,1,5-6,8-11H2. The highest BCUT2D eigenvalue weighted by Crippen LogP contribution is 2.19. The highest BCUT2D eigenvalue weighted by Gasteiger charge is 2.21. The fourth-order valence-corrected chi connectivity index (χ4v) is 2.06. The van der Waals surface area contributed by atoms with E-state index in [2.05, 4.69) is 24.5 Å². The lowest BCUT2D eigenvalue weighted by Crippen LogP contribution is -2.41. The summed E-state index contributed by atoms with van der Waals surface area (Å²) in [6.45, 7) is 6.25. The Hall–Kier alpha value is -2.30. The van der Waals surface area contributed by atoms with Gasteiger partial charge in [-0.15, -0.1) is 0 Å². The average molecular weight is 268 g/mol. The van der Waals surface area contributed by atoms with Crippen LogP contribution in [0.5, 0.6) is 0 Å². The molecule has 0 bridgehead atoms. The fourth-order valence-electron chi connectivity index (χ4n) is 2.06. The van der Waals surface area contributed by atoms with E-state index in [9.17, 15) is 4.79 Å². The summed E-state index contributed by atoms with van der Waals surface area (Å²) < 4.78 is 5.25. The summed E-state index contributed by atoms with van der Waals surface area (Å²) in [5, 5.41) is 8.73. The van der Waals surface area contributed by atoms with Crippen molar-refractivity contribution in [3.63, 3.8) is 0 Å². The van der Waals surface area contributed by atoms with Crippen molar-refractivity contribution in [2.45, 2.75) is 12.8 Å². The van der Waals surface area contributed by atoms with Crippen LogP contribution in [0.1, 0.15) is 12.8 Å². The van der Waals surface area contributed by atoms with Gasteiger partial charge < -0.3 is 9.64 Å². The van der Waals surface area contributed by atoms with Crippen LogP contribution < -0.4 is 0 Å². The number of carbonyl (C=O) groups excluding carboxylic acids is 1. The number of hydrogen-bond donors (Lipinski definition) is 0. The van der Waals surface area contributed by atoms with E-state index in [1.165, 1.54) is 0 Å². The third-order valence-corrected chi connectivity index (χ3v) is 3.21. The second-order valence-electron chi connectivity index (χ2n) is 4.61. The zero-order valence-electron chi connectivity index (χ0n) is 11.3. The minimum Gasteiger partial charge on any atom is -0.378 e. The van der Waals surface area contributed by atoms with Crippen LogP contribution in [0.2, 0.25) is 0 Å². The van der Waals surface area contributed by atoms with Crippen molar-refractivity contribution in [3.05, 3.63) is 35.5 Å². The van der Waals surface area contributed by atoms with Crippen molar-refractivity contribution in [1.29, 1.82) is 5.26 Å². The summed E-state index contributed by atoms with van der Waals surface area (Å²) in [5.74, 6) is 5.84. The molecule has 0 N–H and O–H groups in total. The van der Waals surface area contributed by atoms with Crippen molar-refractivity contribution >= 4 is 5.91 Å². The van der Waals surface area contributed by atoms with E-state index in [-0.39, 0.29) is 12.3 Å². The summed E-state index contributed by atoms with van der Waals surface area (Å²) in [6.07, 6.45) is 4.18. The van der Waals surface area contributed by atoms with Gasteiger partial charge in [-0.2, -0.15) is 5.26 Å². The normalized spacial score (nSPS) is 17.9. The van der Waals surface area contributed by atoms with E-state index < -0.39 is 0 Å². The van der Waals surface area contributed by atoms with Crippen LogP contribution in [-0.2, 0) is 9.53 Å². The fraction of sp³-hybridized carbons (Fsp3) is 0.375. The Labute approximate surface area is 119 Å². The van der Waals surface area contributed by atoms with E-state index in [0.29, 0.717) is 43.9 Å². The van der Waals surface area contributed by atoms with E-state index in [4.69, 9.17) is 10.00 Å². The van der Waals surface area contributed by atoms with E-state index in [1.54, 1.807) is 17.1 Å². The average Bonchev–Trinajstić information content (AvgIpc) is 2.74. The lowest BCUT2D eigenvalue weighted by Gasteiger charge is -2.27. The van der Waals surface area contributed by atoms with Gasteiger partial charge in [0.05, 0.1) is 25.7 Å². The van der Waals surface area contributed by atoms with Gasteiger partial charge in [0.15, 0.2) is 0 Å². The van der Waals surface area contributed by atoms with Crippen LogP contribution in [-0.4, -0.2) is 37.1 Å². The van der Waals surface area contributed by atoms with Crippen molar-refractivity contribution in [1.82, 2.24) is 4.90 Å². The van der Waals surface area contributed by atoms with Gasteiger partial charge in [0.1, 0.15) is 0 Å². The molecule has 102 valence electrons. The molecule has 0 spiro atoms. The molecular weight excluding hydrogens is 252 g/mol. The number of amides is 1. The Kier molecular flexibility index (Phi) is 4.76. The van der Waals surface area contributed by atoms with Gasteiger partial charge in [-0.1, -0.05) is 18.4 Å². The van der Waals surface area contributed by atoms with Gasteiger partial charge in [0.25, 0.3) is 5.91 Å². The monoisotopic (exact) mass is 268 g/mol. The van der Waals surface area contributed by atoms with Gasteiger partial charge >= 0.3 is 0 Å². The van der Waals surface area contributed by atoms with Gasteiger partial charge in [-0.3, -0.25) is 4.79 Å². The number of nitrogens with zero attached hydrogens (tertiary/aromatic N) is 2. The molecule has 1 saturated heterocycles. The summed E-state index contributed by atoms with van der Waals surface area (Å²) >= 11 is 0. The molecule has 4 heteroatoms. The van der Waals surface area contributed by atoms with Gasteiger partial charge in [0.2, 0.25) is 0 Å². The quantitative estimate of drug-likeness (QED) is 0.730. The van der Waals surface area contributed by atoms with E-state index in [1.807, 2.05) is 0 Å². The van der Waals surface area contributed by atoms with Gasteiger partial charge in [0, 0.05) is 25.1 Å². The molecule has 2 aliphatic rings. The first-order valence-corrected chi connectivity index (χ1v) is 6.53. The van der Waals surface area contributed by atoms with Crippen LogP contribution in [0.25, 0.3) is 0 Å². The third kappa shape index (κ3) is 3.38. The molecule has 20 heavy (non-hydrogen) atoms. The van der Waals surface area contributed by atoms with Gasteiger partial charge in [-0.25, -0.2) is 0 Å². The predicted octanol–water partition coefficient (Wildman–Crippen LogP) is 1.57. The SMILES string of the molecule is C=C(CC#N)C1=CC#CCC(C(=O)N2CCOCC2)=C1. The Morgan fingerprint density at radius 1 is 1.50 bits per heavy atom. The second kappa shape index (κ2) is 6.75. The first-order valence-electron chi connectivity index (χ1n) is 6.53. The molecule has 1 aliphatic carbocycles. The zero-order chi connectivity index (χ0) is 14.4. The van der Waals surface area contributed by atoms with E-state index >= 15 is 0 Å². The molecular formula is C16H16N2O2. The minimum atomic E-state index is 0.000146. The van der Waals surface area contributed by atoms with E-state index in [0.717, 1.165) is 5.57 Å². The Balaban J connectivity index is 2.17. The van der Waals surface area contributed by atoms with Crippen molar-refractivity contribution in [2.24, 2.45) is 0 Å². The number of rotatable bonds is 3. The topological polar surface area (TPSA) is 53.3 Å². The number of morpholine rings is 1. The summed E-state index contributed by atoms with van der Waals surface area (Å²) in [6, 6.07) is 2.06. The molecule has 0 aromatic rings. The van der Waals surface area contributed by atoms with Crippen molar-refractivity contribution in [3.8, 4) is 17.9 Å². The lowest BCUT2D eigenvalue weighted by atomic mass is 10.0. The minimum absolute atomic E-state index is 0.000146. The Morgan fingerprint density at radius 3 is 2.95 bits per heavy atom. The largest absolute Gasteiger partial charge is 0.378 e. The zero-order valence-corrected chi connectivity index (χ0v) is 11.3. The summed E-state index contributed by atoms with van der Waals surface area (Å²) in [5.41, 5.74) is 2.12. The number of nitriles is 1. The molecule has 1 aliphatic heterocycles. The van der Waals surface area contributed by atoms with Crippen LogP contribution >= 0.6 is 0 Å². The third-order valence-electron chi connectivity index (χ3n) is 3.21. The molecule has 0 unspecified atom stereocenters. The molecule has 0 radical (unpaired) electrons. The molecule has 0 aromatic carbocycles. The molecule has 0 atom stereocenters. The molecule has 1 amide bonds. The van der Waals surface area contributed by atoms with Gasteiger partial charge in [-0.05, 0) is 23.3 Å². The number of allylic oxidation sites excluding steroid dienone is 4. The van der Waals surface area contributed by atoms with Crippen LogP contribution in [0.3, 0.4) is 0 Å². The predicted molar refractivity (Wildman–Crippen MR) is 75.3 cm³/mol. The molecule has 2 rings (SSSR count). The van der Waals surface area contributed by atoms with Crippen molar-refractivity contribution in [2.75, 3.05) is 26.3 Å². The number of ether oxygens (including phenoxy) is 1. The van der Waals surface area contributed by atoms with Crippen LogP contribution in [0.15, 0.2) is 35.5 Å². The maximum atomic E-state index is 12.4. The second-order valence-corrected chi connectivity index (χ2v) is 4.61. The molecule has 4 nitrogen and oxygen atoms in total. The number of carbonyl (C=O) groups is 1. The Bertz CT molecular complexity index is 576. The molecule has 0 aromatic heterocycles. The highest BCUT2D eigenvalue weighted by molar-refractivity contribution is 5.95. The first-order chi connectivity index (χ1) is 9.72. The lowest BCUT2D eigenvalue weighted by molar-refractivity contribution is -0.131. The molecule has 0 saturated carbocycles. The first kappa shape index (κ1) is 14.1. The van der Waals surface area contributed by atoms with Crippen LogP contribution in [0, 0.1) is 23.2 Å². The summed E-state index contributed by atoms with van der Waals surface area (Å²) in [4.78, 5) is 14.2. The molecule has 1 heterocycles. The van der Waals surface area contributed by atoms with Crippen molar-refractivity contribution < 1.29 is 9.53 Å². The van der Waals surface area contributed by atoms with Crippen LogP contribution in [0.4, 0.5) is 0 Å². The highest BCUT2D eigenvalue weighted by atomic mass is 16.5. The smallest absolute Gasteiger partial charge is 0.250 e.